The Labute approximate surface area is 139 Å². The molecule has 2 aliphatic carbocycles. The molecule has 1 N–H and O–H groups in total. The lowest BCUT2D eigenvalue weighted by Gasteiger charge is -2.40. The number of nitrogens with zero attached hydrogens (tertiary/aromatic N) is 1. The van der Waals surface area contributed by atoms with Gasteiger partial charge in [0.25, 0.3) is 0 Å². The number of benzene rings is 1. The SMILES string of the molecule is Fc1ccc2c(c1)C1(CCN(C[C@H]3C[C@H]4C=C[C@@H]3C4)CC1)CN2.[HH]. The van der Waals surface area contributed by atoms with E-state index in [9.17, 15) is 4.39 Å². The Morgan fingerprint density at radius 2 is 2.09 bits per heavy atom. The lowest BCUT2D eigenvalue weighted by molar-refractivity contribution is 0.140. The largest absolute Gasteiger partial charge is 0.384 e. The lowest BCUT2D eigenvalue weighted by Crippen LogP contribution is -2.45. The van der Waals surface area contributed by atoms with Crippen molar-refractivity contribution in [2.45, 2.75) is 31.1 Å². The molecule has 0 aromatic heterocycles. The van der Waals surface area contributed by atoms with Gasteiger partial charge >= 0.3 is 0 Å². The van der Waals surface area contributed by atoms with Gasteiger partial charge in [-0.15, -0.1) is 0 Å². The van der Waals surface area contributed by atoms with Crippen LogP contribution in [0.3, 0.4) is 0 Å². The molecule has 1 aromatic rings. The molecule has 1 saturated heterocycles. The third-order valence-electron chi connectivity index (χ3n) is 6.89. The molecule has 4 aliphatic rings. The maximum absolute atomic E-state index is 13.7. The van der Waals surface area contributed by atoms with Crippen LogP contribution in [-0.4, -0.2) is 31.1 Å². The van der Waals surface area contributed by atoms with Gasteiger partial charge in [0.05, 0.1) is 0 Å². The van der Waals surface area contributed by atoms with E-state index in [1.165, 1.54) is 24.9 Å². The number of likely N-dealkylation sites (tertiary alicyclic amines) is 1. The molecule has 1 aromatic carbocycles. The van der Waals surface area contributed by atoms with Crippen molar-refractivity contribution in [1.82, 2.24) is 4.90 Å². The maximum Gasteiger partial charge on any atom is 0.123 e. The topological polar surface area (TPSA) is 15.3 Å². The first-order valence-corrected chi connectivity index (χ1v) is 9.16. The highest BCUT2D eigenvalue weighted by Gasteiger charge is 2.43. The minimum Gasteiger partial charge on any atom is -0.384 e. The summed E-state index contributed by atoms with van der Waals surface area (Å²) in [6.45, 7) is 4.58. The van der Waals surface area contributed by atoms with Crippen LogP contribution in [-0.2, 0) is 5.41 Å². The van der Waals surface area contributed by atoms with Crippen LogP contribution in [0.5, 0.6) is 0 Å². The first-order valence-electron chi connectivity index (χ1n) is 9.16. The molecule has 2 nitrogen and oxygen atoms in total. The molecule has 2 aliphatic heterocycles. The van der Waals surface area contributed by atoms with Gasteiger partial charge in [-0.3, -0.25) is 0 Å². The van der Waals surface area contributed by atoms with Gasteiger partial charge < -0.3 is 10.2 Å². The Kier molecular flexibility index (Phi) is 3.09. The number of piperidine rings is 1. The van der Waals surface area contributed by atoms with E-state index in [-0.39, 0.29) is 12.7 Å². The van der Waals surface area contributed by atoms with E-state index in [0.717, 1.165) is 55.9 Å². The highest BCUT2D eigenvalue weighted by Crippen LogP contribution is 2.46. The van der Waals surface area contributed by atoms with Gasteiger partial charge in [0, 0.05) is 25.6 Å². The molecule has 1 saturated carbocycles. The number of anilines is 1. The highest BCUT2D eigenvalue weighted by molar-refractivity contribution is 5.60. The van der Waals surface area contributed by atoms with E-state index in [4.69, 9.17) is 0 Å². The minimum absolute atomic E-state index is 0. The predicted octanol–water partition coefficient (Wildman–Crippen LogP) is 4.04. The predicted molar refractivity (Wildman–Crippen MR) is 93.2 cm³/mol. The molecule has 2 fully saturated rings. The van der Waals surface area contributed by atoms with Crippen LogP contribution in [0, 0.1) is 23.6 Å². The second kappa shape index (κ2) is 5.07. The van der Waals surface area contributed by atoms with E-state index >= 15 is 0 Å². The molecule has 0 amide bonds. The Morgan fingerprint density at radius 1 is 1.22 bits per heavy atom. The minimum atomic E-state index is -0.0944. The number of halogens is 1. The number of allylic oxidation sites excluding steroid dienone is 2. The Balaban J connectivity index is 0.00000146. The summed E-state index contributed by atoms with van der Waals surface area (Å²) in [4.78, 5) is 2.67. The lowest BCUT2D eigenvalue weighted by atomic mass is 9.74. The zero-order valence-electron chi connectivity index (χ0n) is 13.6. The Bertz CT molecular complexity index is 651. The Morgan fingerprint density at radius 3 is 2.83 bits per heavy atom. The smallest absolute Gasteiger partial charge is 0.123 e. The van der Waals surface area contributed by atoms with Gasteiger partial charge in [0.2, 0.25) is 0 Å². The molecule has 3 atom stereocenters. The molecule has 2 heterocycles. The summed E-state index contributed by atoms with van der Waals surface area (Å²) >= 11 is 0. The summed E-state index contributed by atoms with van der Waals surface area (Å²) in [5, 5.41) is 3.50. The van der Waals surface area contributed by atoms with Gasteiger partial charge in [-0.25, -0.2) is 4.39 Å². The normalized spacial score (nSPS) is 34.0. The van der Waals surface area contributed by atoms with Crippen molar-refractivity contribution in [3.63, 3.8) is 0 Å². The second-order valence-electron chi connectivity index (χ2n) is 8.16. The van der Waals surface area contributed by atoms with E-state index < -0.39 is 0 Å². The fraction of sp³-hybridized carbons (Fsp3) is 0.600. The summed E-state index contributed by atoms with van der Waals surface area (Å²) in [7, 11) is 0. The zero-order chi connectivity index (χ0) is 15.4. The third kappa shape index (κ3) is 2.24. The van der Waals surface area contributed by atoms with Gasteiger partial charge in [-0.05, 0) is 80.3 Å². The van der Waals surface area contributed by atoms with Gasteiger partial charge in [-0.1, -0.05) is 12.2 Å². The van der Waals surface area contributed by atoms with Crippen molar-refractivity contribution in [2.75, 3.05) is 31.5 Å². The molecule has 5 rings (SSSR count). The molecule has 2 bridgehead atoms. The fourth-order valence-electron chi connectivity index (χ4n) is 5.51. The number of rotatable bonds is 2. The maximum atomic E-state index is 13.7. The zero-order valence-corrected chi connectivity index (χ0v) is 13.6. The molecule has 23 heavy (non-hydrogen) atoms. The van der Waals surface area contributed by atoms with E-state index in [1.807, 2.05) is 6.07 Å². The number of fused-ring (bicyclic) bond motifs is 4. The van der Waals surface area contributed by atoms with E-state index in [0.29, 0.717) is 0 Å². The van der Waals surface area contributed by atoms with Crippen LogP contribution in [0.1, 0.15) is 32.7 Å². The number of hydrogen-bond acceptors (Lipinski definition) is 2. The average molecular weight is 314 g/mol. The summed E-state index contributed by atoms with van der Waals surface area (Å²) in [6.07, 6.45) is 10.0. The summed E-state index contributed by atoms with van der Waals surface area (Å²) in [5.74, 6) is 2.50. The van der Waals surface area contributed by atoms with E-state index in [1.54, 1.807) is 12.1 Å². The fourth-order valence-corrected chi connectivity index (χ4v) is 5.51. The molecule has 3 heteroatoms. The van der Waals surface area contributed by atoms with Crippen molar-refractivity contribution in [3.8, 4) is 0 Å². The van der Waals surface area contributed by atoms with Crippen LogP contribution < -0.4 is 5.32 Å². The quantitative estimate of drug-likeness (QED) is 0.829. The summed E-state index contributed by atoms with van der Waals surface area (Å²) in [5.41, 5.74) is 2.54. The van der Waals surface area contributed by atoms with Crippen LogP contribution in [0.25, 0.3) is 0 Å². The highest BCUT2D eigenvalue weighted by atomic mass is 19.1. The first-order chi connectivity index (χ1) is 11.2. The van der Waals surface area contributed by atoms with Crippen LogP contribution in [0.15, 0.2) is 30.4 Å². The van der Waals surface area contributed by atoms with Gasteiger partial charge in [-0.2, -0.15) is 0 Å². The van der Waals surface area contributed by atoms with Crippen molar-refractivity contribution in [2.24, 2.45) is 17.8 Å². The molecular weight excluding hydrogens is 287 g/mol. The molecular formula is C20H27FN2. The van der Waals surface area contributed by atoms with Crippen LogP contribution in [0.2, 0.25) is 0 Å². The van der Waals surface area contributed by atoms with Gasteiger partial charge in [0.15, 0.2) is 0 Å². The van der Waals surface area contributed by atoms with Gasteiger partial charge in [0.1, 0.15) is 5.82 Å². The second-order valence-corrected chi connectivity index (χ2v) is 8.16. The number of hydrogen-bond donors (Lipinski definition) is 1. The van der Waals surface area contributed by atoms with Crippen molar-refractivity contribution in [1.29, 1.82) is 0 Å². The monoisotopic (exact) mass is 314 g/mol. The molecule has 124 valence electrons. The third-order valence-corrected chi connectivity index (χ3v) is 6.89. The standard InChI is InChI=1S/C20H25FN2.H2/c21-17-3-4-19-18(11-17)20(13-22-19)5-7-23(8-6-20)12-16-10-14-1-2-15(16)9-14;/h1-4,11,14-16,22H,5-10,12-13H2;1H/t14-,15+,16+;/m0./s1. The van der Waals surface area contributed by atoms with Crippen molar-refractivity contribution in [3.05, 3.63) is 41.7 Å². The molecule has 1 spiro atoms. The van der Waals surface area contributed by atoms with Crippen LogP contribution in [0.4, 0.5) is 10.1 Å². The average Bonchev–Trinajstić information content (AvgIpc) is 3.25. The molecule has 0 unspecified atom stereocenters. The molecule has 0 radical (unpaired) electrons. The van der Waals surface area contributed by atoms with Crippen molar-refractivity contribution >= 4 is 5.69 Å². The van der Waals surface area contributed by atoms with Crippen LogP contribution >= 0.6 is 0 Å². The summed E-state index contributed by atoms with van der Waals surface area (Å²) in [6, 6.07) is 5.25. The Hall–Kier alpha value is -1.35. The first kappa shape index (κ1) is 14.0. The number of nitrogens with one attached hydrogen (secondary N) is 1. The van der Waals surface area contributed by atoms with E-state index in [2.05, 4.69) is 22.4 Å². The summed E-state index contributed by atoms with van der Waals surface area (Å²) < 4.78 is 13.7. The van der Waals surface area contributed by atoms with Crippen molar-refractivity contribution < 1.29 is 5.82 Å².